The van der Waals surface area contributed by atoms with E-state index in [-0.39, 0.29) is 6.10 Å². The molecule has 2 saturated heterocycles. The maximum absolute atomic E-state index is 5.96. The Hall–Kier alpha value is -0.980. The van der Waals surface area contributed by atoms with Crippen molar-refractivity contribution in [2.45, 2.75) is 44.3 Å². The quantitative estimate of drug-likeness (QED) is 0.892. The molecule has 1 aromatic rings. The van der Waals surface area contributed by atoms with Gasteiger partial charge in [-0.3, -0.25) is 0 Å². The zero-order chi connectivity index (χ0) is 13.1. The van der Waals surface area contributed by atoms with Crippen LogP contribution in [0.2, 0.25) is 0 Å². The molecule has 2 aliphatic rings. The van der Waals surface area contributed by atoms with Crippen LogP contribution in [0, 0.1) is 0 Å². The highest BCUT2D eigenvalue weighted by Gasteiger charge is 2.40. The van der Waals surface area contributed by atoms with Crippen LogP contribution in [0.3, 0.4) is 0 Å². The molecule has 106 valence electrons. The van der Waals surface area contributed by atoms with Crippen LogP contribution in [0.15, 0.2) is 4.52 Å². The Labute approximate surface area is 112 Å². The van der Waals surface area contributed by atoms with Crippen LogP contribution in [0.4, 0.5) is 0 Å². The number of aromatic nitrogens is 2. The Morgan fingerprint density at radius 2 is 2.26 bits per heavy atom. The average molecular weight is 267 g/mol. The first-order valence-corrected chi connectivity index (χ1v) is 7.14. The van der Waals surface area contributed by atoms with Gasteiger partial charge in [0, 0.05) is 13.2 Å². The fraction of sp³-hybridized carbons (Fsp3) is 0.846. The molecule has 2 fully saturated rings. The van der Waals surface area contributed by atoms with Crippen molar-refractivity contribution in [2.24, 2.45) is 0 Å². The highest BCUT2D eigenvalue weighted by molar-refractivity contribution is 5.04. The van der Waals surface area contributed by atoms with E-state index in [9.17, 15) is 0 Å². The van der Waals surface area contributed by atoms with E-state index in [1.54, 1.807) is 0 Å². The standard InChI is InChI=1S/C13H21N3O3/c1-2-18-13(5-7-14-8-6-13)12-15-11(16-19-12)10-4-3-9-17-10/h10,14H,2-9H2,1H3/t10-/m1/s1. The van der Waals surface area contributed by atoms with Gasteiger partial charge in [-0.15, -0.1) is 0 Å². The lowest BCUT2D eigenvalue weighted by atomic mass is 9.92. The van der Waals surface area contributed by atoms with Gasteiger partial charge in [-0.2, -0.15) is 4.98 Å². The van der Waals surface area contributed by atoms with Crippen molar-refractivity contribution in [3.05, 3.63) is 11.7 Å². The lowest BCUT2D eigenvalue weighted by molar-refractivity contribution is -0.0860. The van der Waals surface area contributed by atoms with E-state index in [2.05, 4.69) is 15.5 Å². The summed E-state index contributed by atoms with van der Waals surface area (Å²) in [6, 6.07) is 0. The maximum atomic E-state index is 5.96. The molecule has 0 aliphatic carbocycles. The summed E-state index contributed by atoms with van der Waals surface area (Å²) >= 11 is 0. The Morgan fingerprint density at radius 1 is 1.42 bits per heavy atom. The van der Waals surface area contributed by atoms with Crippen LogP contribution in [0.5, 0.6) is 0 Å². The van der Waals surface area contributed by atoms with Crippen molar-refractivity contribution >= 4 is 0 Å². The van der Waals surface area contributed by atoms with Gasteiger partial charge in [-0.25, -0.2) is 0 Å². The van der Waals surface area contributed by atoms with E-state index in [0.717, 1.165) is 45.4 Å². The van der Waals surface area contributed by atoms with Crippen molar-refractivity contribution in [1.29, 1.82) is 0 Å². The van der Waals surface area contributed by atoms with Crippen LogP contribution in [-0.2, 0) is 15.1 Å². The summed E-state index contributed by atoms with van der Waals surface area (Å²) in [5, 5.41) is 7.42. The lowest BCUT2D eigenvalue weighted by Crippen LogP contribution is -2.42. The number of ether oxygens (including phenoxy) is 2. The first-order valence-electron chi connectivity index (χ1n) is 7.14. The third-order valence-corrected chi connectivity index (χ3v) is 3.88. The summed E-state index contributed by atoms with van der Waals surface area (Å²) in [4.78, 5) is 4.55. The smallest absolute Gasteiger partial charge is 0.259 e. The molecule has 0 unspecified atom stereocenters. The van der Waals surface area contributed by atoms with Crippen LogP contribution >= 0.6 is 0 Å². The lowest BCUT2D eigenvalue weighted by Gasteiger charge is -2.33. The molecule has 3 rings (SSSR count). The van der Waals surface area contributed by atoms with Crippen LogP contribution in [0.25, 0.3) is 0 Å². The van der Waals surface area contributed by atoms with Crippen LogP contribution in [0.1, 0.15) is 50.4 Å². The zero-order valence-corrected chi connectivity index (χ0v) is 11.4. The average Bonchev–Trinajstić information content (AvgIpc) is 3.11. The minimum atomic E-state index is -0.413. The molecular weight excluding hydrogens is 246 g/mol. The van der Waals surface area contributed by atoms with Crippen LogP contribution < -0.4 is 5.32 Å². The molecular formula is C13H21N3O3. The third-order valence-electron chi connectivity index (χ3n) is 3.88. The van der Waals surface area contributed by atoms with Gasteiger partial charge in [0.2, 0.25) is 5.82 Å². The fourth-order valence-corrected chi connectivity index (χ4v) is 2.86. The second kappa shape index (κ2) is 5.56. The predicted octanol–water partition coefficient (Wildman–Crippen LogP) is 1.54. The summed E-state index contributed by atoms with van der Waals surface area (Å²) in [5.74, 6) is 1.28. The van der Waals surface area contributed by atoms with E-state index in [1.165, 1.54) is 0 Å². The minimum absolute atomic E-state index is 0.00195. The van der Waals surface area contributed by atoms with Gasteiger partial charge in [0.1, 0.15) is 11.7 Å². The molecule has 1 aromatic heterocycles. The van der Waals surface area contributed by atoms with E-state index in [4.69, 9.17) is 14.0 Å². The number of hydrogen-bond acceptors (Lipinski definition) is 6. The van der Waals surface area contributed by atoms with Gasteiger partial charge in [-0.1, -0.05) is 5.16 Å². The van der Waals surface area contributed by atoms with E-state index in [0.29, 0.717) is 18.3 Å². The molecule has 3 heterocycles. The molecule has 0 radical (unpaired) electrons. The number of rotatable bonds is 4. The minimum Gasteiger partial charge on any atom is -0.370 e. The molecule has 1 N–H and O–H groups in total. The first kappa shape index (κ1) is 13.0. The molecule has 0 bridgehead atoms. The third kappa shape index (κ3) is 2.52. The monoisotopic (exact) mass is 267 g/mol. The Bertz CT molecular complexity index is 404. The SMILES string of the molecule is CCOC1(c2nc([C@H]3CCCO3)no2)CCNCC1. The zero-order valence-electron chi connectivity index (χ0n) is 11.4. The molecule has 1 atom stereocenters. The van der Waals surface area contributed by atoms with E-state index in [1.807, 2.05) is 6.92 Å². The number of piperidine rings is 1. The first-order chi connectivity index (χ1) is 9.34. The van der Waals surface area contributed by atoms with Crippen molar-refractivity contribution in [3.8, 4) is 0 Å². The maximum Gasteiger partial charge on any atom is 0.259 e. The fourth-order valence-electron chi connectivity index (χ4n) is 2.86. The molecule has 6 nitrogen and oxygen atoms in total. The number of nitrogens with zero attached hydrogens (tertiary/aromatic N) is 2. The second-order valence-electron chi connectivity index (χ2n) is 5.14. The van der Waals surface area contributed by atoms with Crippen molar-refractivity contribution in [1.82, 2.24) is 15.5 Å². The van der Waals surface area contributed by atoms with Gasteiger partial charge in [-0.05, 0) is 45.7 Å². The summed E-state index contributed by atoms with van der Waals surface area (Å²) in [6.45, 7) is 5.27. The molecule has 0 amide bonds. The molecule has 0 aromatic carbocycles. The summed E-state index contributed by atoms with van der Waals surface area (Å²) < 4.78 is 17.0. The van der Waals surface area contributed by atoms with Crippen LogP contribution in [-0.4, -0.2) is 36.4 Å². The highest BCUT2D eigenvalue weighted by Crippen LogP contribution is 2.35. The van der Waals surface area contributed by atoms with Crippen molar-refractivity contribution < 1.29 is 14.0 Å². The second-order valence-corrected chi connectivity index (χ2v) is 5.14. The highest BCUT2D eigenvalue weighted by atomic mass is 16.5. The Kier molecular flexibility index (Phi) is 3.81. The Morgan fingerprint density at radius 3 is 2.95 bits per heavy atom. The van der Waals surface area contributed by atoms with E-state index < -0.39 is 5.60 Å². The number of nitrogens with one attached hydrogen (secondary N) is 1. The number of hydrogen-bond donors (Lipinski definition) is 1. The van der Waals surface area contributed by atoms with Gasteiger partial charge < -0.3 is 19.3 Å². The molecule has 19 heavy (non-hydrogen) atoms. The topological polar surface area (TPSA) is 69.4 Å². The van der Waals surface area contributed by atoms with Gasteiger partial charge >= 0.3 is 0 Å². The van der Waals surface area contributed by atoms with Gasteiger partial charge in [0.05, 0.1) is 0 Å². The van der Waals surface area contributed by atoms with E-state index >= 15 is 0 Å². The van der Waals surface area contributed by atoms with Gasteiger partial charge in [0.25, 0.3) is 5.89 Å². The van der Waals surface area contributed by atoms with Crippen molar-refractivity contribution in [3.63, 3.8) is 0 Å². The van der Waals surface area contributed by atoms with Gasteiger partial charge in [0.15, 0.2) is 0 Å². The normalized spacial score (nSPS) is 26.7. The van der Waals surface area contributed by atoms with Crippen molar-refractivity contribution in [2.75, 3.05) is 26.3 Å². The summed E-state index contributed by atoms with van der Waals surface area (Å²) in [5.41, 5.74) is -0.413. The molecule has 6 heteroatoms. The molecule has 0 saturated carbocycles. The molecule has 0 spiro atoms. The Balaban J connectivity index is 1.81. The summed E-state index contributed by atoms with van der Waals surface area (Å²) in [6.07, 6.45) is 3.78. The predicted molar refractivity (Wildman–Crippen MR) is 67.6 cm³/mol. The molecule has 2 aliphatic heterocycles. The largest absolute Gasteiger partial charge is 0.370 e. The summed E-state index contributed by atoms with van der Waals surface area (Å²) in [7, 11) is 0.